The normalized spacial score (nSPS) is 16.9. The number of nitrogens with zero attached hydrogens (tertiary/aromatic N) is 1. The second-order valence-corrected chi connectivity index (χ2v) is 5.27. The fraction of sp³-hybridized carbons (Fsp3) is 0.533. The summed E-state index contributed by atoms with van der Waals surface area (Å²) in [7, 11) is 1.68. The van der Waals surface area contributed by atoms with Gasteiger partial charge in [0.25, 0.3) is 5.91 Å². The third kappa shape index (κ3) is 2.59. The van der Waals surface area contributed by atoms with E-state index in [0.717, 1.165) is 31.4 Å². The predicted octanol–water partition coefficient (Wildman–Crippen LogP) is 1.91. The van der Waals surface area contributed by atoms with Gasteiger partial charge in [0.2, 0.25) is 0 Å². The Labute approximate surface area is 113 Å². The zero-order valence-corrected chi connectivity index (χ0v) is 11.3. The largest absolute Gasteiger partial charge is 0.384 e. The Morgan fingerprint density at radius 1 is 1.47 bits per heavy atom. The van der Waals surface area contributed by atoms with Gasteiger partial charge in [0, 0.05) is 37.5 Å². The second-order valence-electron chi connectivity index (χ2n) is 5.27. The van der Waals surface area contributed by atoms with Crippen LogP contribution in [0.15, 0.2) is 18.2 Å². The third-order valence-electron chi connectivity index (χ3n) is 3.85. The third-order valence-corrected chi connectivity index (χ3v) is 3.85. The van der Waals surface area contributed by atoms with E-state index in [0.29, 0.717) is 19.2 Å². The van der Waals surface area contributed by atoms with Crippen molar-refractivity contribution >= 4 is 11.6 Å². The van der Waals surface area contributed by atoms with Crippen molar-refractivity contribution in [3.8, 4) is 0 Å². The van der Waals surface area contributed by atoms with Crippen LogP contribution in [0.4, 0.5) is 5.69 Å². The van der Waals surface area contributed by atoms with E-state index >= 15 is 0 Å². The summed E-state index contributed by atoms with van der Waals surface area (Å²) >= 11 is 0. The summed E-state index contributed by atoms with van der Waals surface area (Å²) in [6.07, 6.45) is 3.27. The number of ether oxygens (including phenoxy) is 1. The Kier molecular flexibility index (Phi) is 3.42. The highest BCUT2D eigenvalue weighted by molar-refractivity contribution is 5.95. The number of nitrogens with one attached hydrogen (secondary N) is 1. The second kappa shape index (κ2) is 5.21. The smallest absolute Gasteiger partial charge is 0.254 e. The molecule has 1 fully saturated rings. The molecule has 1 aromatic rings. The summed E-state index contributed by atoms with van der Waals surface area (Å²) in [6, 6.07) is 6.42. The molecule has 1 aliphatic carbocycles. The first-order valence-corrected chi connectivity index (χ1v) is 6.96. The van der Waals surface area contributed by atoms with Gasteiger partial charge in [-0.05, 0) is 43.0 Å². The van der Waals surface area contributed by atoms with Crippen LogP contribution in [0.3, 0.4) is 0 Å². The zero-order chi connectivity index (χ0) is 13.2. The van der Waals surface area contributed by atoms with Gasteiger partial charge < -0.3 is 15.0 Å². The Morgan fingerprint density at radius 2 is 2.32 bits per heavy atom. The van der Waals surface area contributed by atoms with Crippen molar-refractivity contribution in [1.29, 1.82) is 0 Å². The van der Waals surface area contributed by atoms with E-state index in [1.54, 1.807) is 7.11 Å². The lowest BCUT2D eigenvalue weighted by Gasteiger charge is -2.22. The molecule has 0 atom stereocenters. The fourth-order valence-corrected chi connectivity index (χ4v) is 2.63. The van der Waals surface area contributed by atoms with Crippen LogP contribution in [-0.4, -0.2) is 43.7 Å². The number of anilines is 1. The minimum Gasteiger partial charge on any atom is -0.384 e. The van der Waals surface area contributed by atoms with Gasteiger partial charge in [0.1, 0.15) is 0 Å². The van der Waals surface area contributed by atoms with E-state index in [9.17, 15) is 4.79 Å². The molecule has 1 amide bonds. The molecule has 102 valence electrons. The van der Waals surface area contributed by atoms with Crippen LogP contribution in [0, 0.1) is 0 Å². The van der Waals surface area contributed by atoms with E-state index in [2.05, 4.69) is 5.32 Å². The van der Waals surface area contributed by atoms with Crippen LogP contribution in [0.1, 0.15) is 28.8 Å². The molecule has 1 saturated carbocycles. The molecule has 1 aromatic carbocycles. The quantitative estimate of drug-likeness (QED) is 0.879. The van der Waals surface area contributed by atoms with Crippen molar-refractivity contribution in [3.05, 3.63) is 29.3 Å². The molecule has 0 spiro atoms. The monoisotopic (exact) mass is 260 g/mol. The molecule has 4 nitrogen and oxygen atoms in total. The van der Waals surface area contributed by atoms with Crippen LogP contribution in [-0.2, 0) is 11.2 Å². The highest BCUT2D eigenvalue weighted by Crippen LogP contribution is 2.29. The van der Waals surface area contributed by atoms with Crippen molar-refractivity contribution in [3.63, 3.8) is 0 Å². The molecule has 3 rings (SSSR count). The van der Waals surface area contributed by atoms with Gasteiger partial charge in [0.05, 0.1) is 6.61 Å². The van der Waals surface area contributed by atoms with Crippen LogP contribution in [0.2, 0.25) is 0 Å². The Hall–Kier alpha value is -1.55. The highest BCUT2D eigenvalue weighted by atomic mass is 16.5. The number of rotatable bonds is 5. The molecule has 0 bridgehead atoms. The number of carbonyl (C=O) groups excluding carboxylic acids is 1. The van der Waals surface area contributed by atoms with Crippen molar-refractivity contribution in [2.24, 2.45) is 0 Å². The Morgan fingerprint density at radius 3 is 3.05 bits per heavy atom. The highest BCUT2D eigenvalue weighted by Gasteiger charge is 2.32. The molecule has 0 aromatic heterocycles. The van der Waals surface area contributed by atoms with Gasteiger partial charge in [-0.2, -0.15) is 0 Å². The maximum atomic E-state index is 12.6. The lowest BCUT2D eigenvalue weighted by Crippen LogP contribution is -2.35. The maximum Gasteiger partial charge on any atom is 0.254 e. The summed E-state index contributed by atoms with van der Waals surface area (Å²) in [4.78, 5) is 14.5. The number of methoxy groups -OCH3 is 1. The number of carbonyl (C=O) groups is 1. The van der Waals surface area contributed by atoms with E-state index in [1.807, 2.05) is 23.1 Å². The van der Waals surface area contributed by atoms with Crippen LogP contribution >= 0.6 is 0 Å². The molecule has 0 radical (unpaired) electrons. The number of amides is 1. The van der Waals surface area contributed by atoms with Gasteiger partial charge in [-0.15, -0.1) is 0 Å². The Balaban J connectivity index is 1.77. The van der Waals surface area contributed by atoms with Gasteiger partial charge >= 0.3 is 0 Å². The molecule has 1 aliphatic heterocycles. The first kappa shape index (κ1) is 12.5. The molecule has 0 unspecified atom stereocenters. The van der Waals surface area contributed by atoms with E-state index in [4.69, 9.17) is 4.74 Å². The SMILES string of the molecule is COCCN(C(=O)c1ccc2c(c1)CCN2)C1CC1. The van der Waals surface area contributed by atoms with Gasteiger partial charge in [-0.3, -0.25) is 4.79 Å². The summed E-state index contributed by atoms with van der Waals surface area (Å²) in [6.45, 7) is 2.27. The number of hydrogen-bond donors (Lipinski definition) is 1. The van der Waals surface area contributed by atoms with Crippen molar-refractivity contribution < 1.29 is 9.53 Å². The predicted molar refractivity (Wildman–Crippen MR) is 74.6 cm³/mol. The minimum atomic E-state index is 0.147. The van der Waals surface area contributed by atoms with Crippen molar-refractivity contribution in [2.45, 2.75) is 25.3 Å². The summed E-state index contributed by atoms with van der Waals surface area (Å²) < 4.78 is 5.11. The van der Waals surface area contributed by atoms with Crippen molar-refractivity contribution in [1.82, 2.24) is 4.90 Å². The van der Waals surface area contributed by atoms with Gasteiger partial charge in [-0.1, -0.05) is 0 Å². The molecule has 4 heteroatoms. The average Bonchev–Trinajstić information content (AvgIpc) is 3.15. The summed E-state index contributed by atoms with van der Waals surface area (Å²) in [5.74, 6) is 0.147. The number of benzene rings is 1. The topological polar surface area (TPSA) is 41.6 Å². The van der Waals surface area contributed by atoms with E-state index in [1.165, 1.54) is 11.3 Å². The molecule has 19 heavy (non-hydrogen) atoms. The standard InChI is InChI=1S/C15H20N2O2/c1-19-9-8-17(13-3-4-13)15(18)12-2-5-14-11(10-12)6-7-16-14/h2,5,10,13,16H,3-4,6-9H2,1H3. The van der Waals surface area contributed by atoms with Gasteiger partial charge in [-0.25, -0.2) is 0 Å². The summed E-state index contributed by atoms with van der Waals surface area (Å²) in [5, 5.41) is 3.32. The van der Waals surface area contributed by atoms with E-state index in [-0.39, 0.29) is 5.91 Å². The lowest BCUT2D eigenvalue weighted by molar-refractivity contribution is 0.0680. The fourth-order valence-electron chi connectivity index (χ4n) is 2.63. The minimum absolute atomic E-state index is 0.147. The van der Waals surface area contributed by atoms with Crippen LogP contribution in [0.5, 0.6) is 0 Å². The molecule has 0 saturated heterocycles. The zero-order valence-electron chi connectivity index (χ0n) is 11.3. The average molecular weight is 260 g/mol. The molecule has 1 heterocycles. The first-order valence-electron chi connectivity index (χ1n) is 6.96. The van der Waals surface area contributed by atoms with Crippen LogP contribution in [0.25, 0.3) is 0 Å². The Bertz CT molecular complexity index is 483. The molecular formula is C15H20N2O2. The molecule has 1 N–H and O–H groups in total. The van der Waals surface area contributed by atoms with Crippen molar-refractivity contribution in [2.75, 3.05) is 32.1 Å². The first-order chi connectivity index (χ1) is 9.29. The molecule has 2 aliphatic rings. The molecular weight excluding hydrogens is 240 g/mol. The number of hydrogen-bond acceptors (Lipinski definition) is 3. The summed E-state index contributed by atoms with van der Waals surface area (Å²) in [5.41, 5.74) is 3.24. The van der Waals surface area contributed by atoms with Crippen LogP contribution < -0.4 is 5.32 Å². The van der Waals surface area contributed by atoms with E-state index < -0.39 is 0 Å². The number of fused-ring (bicyclic) bond motifs is 1. The lowest BCUT2D eigenvalue weighted by atomic mass is 10.1. The van der Waals surface area contributed by atoms with Gasteiger partial charge in [0.15, 0.2) is 0 Å². The maximum absolute atomic E-state index is 12.6.